The molecule has 2 heterocycles. The number of carbonyl (C=O) groups excluding carboxylic acids is 1. The topological polar surface area (TPSA) is 33.2 Å². The number of amides is 1. The van der Waals surface area contributed by atoms with Gasteiger partial charge >= 0.3 is 0 Å². The molecule has 1 atom stereocenters. The van der Waals surface area contributed by atoms with Crippen LogP contribution in [0.15, 0.2) is 42.6 Å². The molecule has 0 radical (unpaired) electrons. The molecule has 3 rings (SSSR count). The van der Waals surface area contributed by atoms with Gasteiger partial charge in [0.25, 0.3) is 5.91 Å². The van der Waals surface area contributed by atoms with E-state index in [-0.39, 0.29) is 11.1 Å². The summed E-state index contributed by atoms with van der Waals surface area (Å²) in [5, 5.41) is 0.526. The van der Waals surface area contributed by atoms with Gasteiger partial charge in [0.05, 0.1) is 10.6 Å². The van der Waals surface area contributed by atoms with Crippen LogP contribution in [0.5, 0.6) is 0 Å². The van der Waals surface area contributed by atoms with Gasteiger partial charge in [-0.05, 0) is 18.1 Å². The van der Waals surface area contributed by atoms with Crippen molar-refractivity contribution < 1.29 is 4.79 Å². The maximum absolute atomic E-state index is 12.5. The van der Waals surface area contributed by atoms with Crippen LogP contribution in [0.3, 0.4) is 0 Å². The Morgan fingerprint density at radius 1 is 1.24 bits per heavy atom. The maximum Gasteiger partial charge on any atom is 0.255 e. The third kappa shape index (κ3) is 3.04. The van der Waals surface area contributed by atoms with Gasteiger partial charge < -0.3 is 4.90 Å². The molecule has 0 N–H and O–H groups in total. The molecule has 1 aromatic heterocycles. The van der Waals surface area contributed by atoms with Crippen molar-refractivity contribution in [3.63, 3.8) is 0 Å². The Morgan fingerprint density at radius 3 is 2.71 bits per heavy atom. The molecule has 1 saturated heterocycles. The largest absolute Gasteiger partial charge is 0.338 e. The van der Waals surface area contributed by atoms with Crippen molar-refractivity contribution in [2.45, 2.75) is 12.3 Å². The summed E-state index contributed by atoms with van der Waals surface area (Å²) in [6.45, 7) is 1.47. The molecule has 0 aliphatic carbocycles. The fourth-order valence-corrected chi connectivity index (χ4v) is 2.93. The lowest BCUT2D eigenvalue weighted by Gasteiger charge is -2.17. The predicted molar refractivity (Wildman–Crippen MR) is 84.0 cm³/mol. The monoisotopic (exact) mass is 320 g/mol. The smallest absolute Gasteiger partial charge is 0.255 e. The van der Waals surface area contributed by atoms with Crippen LogP contribution in [0, 0.1) is 0 Å². The number of aromatic nitrogens is 1. The number of pyridine rings is 1. The highest BCUT2D eigenvalue weighted by Crippen LogP contribution is 2.28. The van der Waals surface area contributed by atoms with E-state index < -0.39 is 0 Å². The first-order chi connectivity index (χ1) is 10.1. The summed E-state index contributed by atoms with van der Waals surface area (Å²) in [5.41, 5.74) is 1.76. The number of likely N-dealkylation sites (tertiary alicyclic amines) is 1. The highest BCUT2D eigenvalue weighted by Gasteiger charge is 2.28. The number of carbonyl (C=O) groups is 1. The highest BCUT2D eigenvalue weighted by molar-refractivity contribution is 6.41. The first-order valence-corrected chi connectivity index (χ1v) is 7.56. The first-order valence-electron chi connectivity index (χ1n) is 6.80. The maximum atomic E-state index is 12.5. The van der Waals surface area contributed by atoms with Gasteiger partial charge in [-0.2, -0.15) is 0 Å². The molecule has 1 aromatic carbocycles. The normalized spacial score (nSPS) is 18.0. The van der Waals surface area contributed by atoms with E-state index in [0.29, 0.717) is 16.5 Å². The zero-order valence-electron chi connectivity index (χ0n) is 11.3. The summed E-state index contributed by atoms with van der Waals surface area (Å²) >= 11 is 11.7. The van der Waals surface area contributed by atoms with Crippen molar-refractivity contribution in [2.75, 3.05) is 13.1 Å². The van der Waals surface area contributed by atoms with Crippen molar-refractivity contribution in [2.24, 2.45) is 0 Å². The fraction of sp³-hybridized carbons (Fsp3) is 0.250. The number of hydrogen-bond donors (Lipinski definition) is 0. The Balaban J connectivity index is 1.74. The molecule has 5 heteroatoms. The van der Waals surface area contributed by atoms with E-state index >= 15 is 0 Å². The van der Waals surface area contributed by atoms with E-state index in [9.17, 15) is 4.79 Å². The zero-order valence-corrected chi connectivity index (χ0v) is 12.8. The third-order valence-electron chi connectivity index (χ3n) is 3.79. The van der Waals surface area contributed by atoms with E-state index in [2.05, 4.69) is 17.1 Å². The van der Waals surface area contributed by atoms with E-state index in [1.807, 2.05) is 23.1 Å². The molecule has 1 fully saturated rings. The van der Waals surface area contributed by atoms with Crippen molar-refractivity contribution in [1.29, 1.82) is 0 Å². The quantitative estimate of drug-likeness (QED) is 0.783. The molecule has 1 aliphatic rings. The van der Waals surface area contributed by atoms with Crippen LogP contribution in [0.25, 0.3) is 0 Å². The molecule has 2 aromatic rings. The summed E-state index contributed by atoms with van der Waals surface area (Å²) in [4.78, 5) is 18.3. The van der Waals surface area contributed by atoms with Crippen LogP contribution in [0.4, 0.5) is 0 Å². The third-order valence-corrected chi connectivity index (χ3v) is 4.48. The van der Waals surface area contributed by atoms with Crippen LogP contribution in [-0.2, 0) is 0 Å². The number of benzene rings is 1. The minimum absolute atomic E-state index is 0.0421. The molecule has 3 nitrogen and oxygen atoms in total. The van der Waals surface area contributed by atoms with Crippen LogP contribution >= 0.6 is 23.2 Å². The van der Waals surface area contributed by atoms with Crippen LogP contribution in [0.2, 0.25) is 10.2 Å². The molecule has 21 heavy (non-hydrogen) atoms. The molecule has 1 unspecified atom stereocenters. The van der Waals surface area contributed by atoms with Crippen molar-refractivity contribution >= 4 is 29.1 Å². The van der Waals surface area contributed by atoms with Crippen molar-refractivity contribution in [3.05, 3.63) is 63.9 Å². The van der Waals surface area contributed by atoms with Gasteiger partial charge in [0.1, 0.15) is 5.15 Å². The summed E-state index contributed by atoms with van der Waals surface area (Å²) in [6, 6.07) is 11.9. The second-order valence-corrected chi connectivity index (χ2v) is 5.91. The fourth-order valence-electron chi connectivity index (χ4n) is 2.66. The van der Waals surface area contributed by atoms with E-state index in [1.54, 1.807) is 6.07 Å². The van der Waals surface area contributed by atoms with Crippen molar-refractivity contribution in [3.8, 4) is 0 Å². The van der Waals surface area contributed by atoms with E-state index in [4.69, 9.17) is 23.2 Å². The predicted octanol–water partition coefficient (Wildman–Crippen LogP) is 4.02. The first kappa shape index (κ1) is 14.4. The van der Waals surface area contributed by atoms with E-state index in [1.165, 1.54) is 11.8 Å². The van der Waals surface area contributed by atoms with Gasteiger partial charge in [-0.1, -0.05) is 53.5 Å². The summed E-state index contributed by atoms with van der Waals surface area (Å²) in [5.74, 6) is 0.352. The SMILES string of the molecule is O=C(c1cnc(Cl)c(Cl)c1)N1CCC(c2ccccc2)C1. The number of halogens is 2. The van der Waals surface area contributed by atoms with Crippen molar-refractivity contribution in [1.82, 2.24) is 9.88 Å². The number of rotatable bonds is 2. The van der Waals surface area contributed by atoms with Gasteiger partial charge in [0, 0.05) is 25.2 Å². The molecular formula is C16H14Cl2N2O. The Morgan fingerprint density at radius 2 is 2.00 bits per heavy atom. The second kappa shape index (κ2) is 6.04. The summed E-state index contributed by atoms with van der Waals surface area (Å²) < 4.78 is 0. The Kier molecular flexibility index (Phi) is 4.13. The highest BCUT2D eigenvalue weighted by atomic mass is 35.5. The molecule has 0 bridgehead atoms. The molecule has 108 valence electrons. The van der Waals surface area contributed by atoms with Gasteiger partial charge in [0.2, 0.25) is 0 Å². The van der Waals surface area contributed by atoms with Crippen LogP contribution in [0.1, 0.15) is 28.3 Å². The van der Waals surface area contributed by atoms with Gasteiger partial charge in [-0.15, -0.1) is 0 Å². The average Bonchev–Trinajstić information content (AvgIpc) is 3.00. The summed E-state index contributed by atoms with van der Waals surface area (Å²) in [6.07, 6.45) is 2.46. The van der Waals surface area contributed by atoms with Crippen LogP contribution in [-0.4, -0.2) is 28.9 Å². The molecule has 1 amide bonds. The number of hydrogen-bond acceptors (Lipinski definition) is 2. The Labute approximate surface area is 133 Å². The number of nitrogens with zero attached hydrogens (tertiary/aromatic N) is 2. The lowest BCUT2D eigenvalue weighted by atomic mass is 9.99. The zero-order chi connectivity index (χ0) is 14.8. The van der Waals surface area contributed by atoms with Gasteiger partial charge in [0.15, 0.2) is 0 Å². The standard InChI is InChI=1S/C16H14Cl2N2O/c17-14-8-13(9-19-15(14)18)16(21)20-7-6-12(10-20)11-4-2-1-3-5-11/h1-5,8-9,12H,6-7,10H2. The Bertz CT molecular complexity index is 661. The minimum atomic E-state index is -0.0421. The lowest BCUT2D eigenvalue weighted by Crippen LogP contribution is -2.28. The molecule has 0 spiro atoms. The second-order valence-electron chi connectivity index (χ2n) is 5.14. The van der Waals surface area contributed by atoms with Gasteiger partial charge in [-0.25, -0.2) is 4.98 Å². The Hall–Kier alpha value is -1.58. The molecule has 1 aliphatic heterocycles. The van der Waals surface area contributed by atoms with Crippen LogP contribution < -0.4 is 0 Å². The lowest BCUT2D eigenvalue weighted by molar-refractivity contribution is 0.0790. The van der Waals surface area contributed by atoms with E-state index in [0.717, 1.165) is 19.5 Å². The average molecular weight is 321 g/mol. The summed E-state index contributed by atoms with van der Waals surface area (Å²) in [7, 11) is 0. The molecule has 0 saturated carbocycles. The van der Waals surface area contributed by atoms with Gasteiger partial charge in [-0.3, -0.25) is 4.79 Å². The molecular weight excluding hydrogens is 307 g/mol. The minimum Gasteiger partial charge on any atom is -0.338 e.